The number of rotatable bonds is 7. The average Bonchev–Trinajstić information content (AvgIpc) is 2.35. The zero-order chi connectivity index (χ0) is 15.3. The number of nitrogens with one attached hydrogen (secondary N) is 1. The number of benzene rings is 1. The Morgan fingerprint density at radius 3 is 2.40 bits per heavy atom. The number of aliphatic hydroxyl groups is 1. The van der Waals surface area contributed by atoms with Gasteiger partial charge in [0.25, 0.3) is 0 Å². The van der Waals surface area contributed by atoms with Crippen LogP contribution < -0.4 is 10.1 Å². The summed E-state index contributed by atoms with van der Waals surface area (Å²) in [7, 11) is 0. The molecule has 0 saturated heterocycles. The Morgan fingerprint density at radius 2 is 1.90 bits per heavy atom. The van der Waals surface area contributed by atoms with Gasteiger partial charge in [-0.05, 0) is 37.0 Å². The third-order valence-electron chi connectivity index (χ3n) is 3.32. The molecule has 1 rings (SSSR count). The van der Waals surface area contributed by atoms with Gasteiger partial charge in [-0.3, -0.25) is 0 Å². The highest BCUT2D eigenvalue weighted by Crippen LogP contribution is 2.28. The third-order valence-corrected chi connectivity index (χ3v) is 3.32. The number of hydrogen-bond acceptors (Lipinski definition) is 3. The number of aliphatic hydroxyl groups excluding tert-OH is 1. The predicted molar refractivity (Wildman–Crippen MR) is 84.5 cm³/mol. The van der Waals surface area contributed by atoms with E-state index in [1.54, 1.807) is 0 Å². The van der Waals surface area contributed by atoms with Crippen LogP contribution in [0.25, 0.3) is 0 Å². The van der Waals surface area contributed by atoms with Crippen LogP contribution in [0.5, 0.6) is 5.75 Å². The molecule has 0 spiro atoms. The Morgan fingerprint density at radius 1 is 1.25 bits per heavy atom. The van der Waals surface area contributed by atoms with Crippen molar-refractivity contribution in [2.45, 2.75) is 59.0 Å². The standard InChI is InChI=1S/C17H29NO2/c1-12(2)15-8-7-14(5)9-16(15)20-11-17(6,10-19)18-13(3)4/h7-9,12-13,18-19H,10-11H2,1-6H3. The lowest BCUT2D eigenvalue weighted by molar-refractivity contribution is 0.108. The molecule has 3 heteroatoms. The SMILES string of the molecule is Cc1ccc(C(C)C)c(OCC(C)(CO)NC(C)C)c1. The van der Waals surface area contributed by atoms with Gasteiger partial charge in [0.15, 0.2) is 0 Å². The van der Waals surface area contributed by atoms with Gasteiger partial charge in [-0.15, -0.1) is 0 Å². The maximum absolute atomic E-state index is 9.60. The minimum Gasteiger partial charge on any atom is -0.491 e. The average molecular weight is 279 g/mol. The molecule has 1 aromatic carbocycles. The van der Waals surface area contributed by atoms with Crippen LogP contribution in [0.4, 0.5) is 0 Å². The maximum Gasteiger partial charge on any atom is 0.123 e. The lowest BCUT2D eigenvalue weighted by Crippen LogP contribution is -2.53. The molecule has 1 unspecified atom stereocenters. The largest absolute Gasteiger partial charge is 0.491 e. The number of hydrogen-bond donors (Lipinski definition) is 2. The fourth-order valence-electron chi connectivity index (χ4n) is 2.31. The van der Waals surface area contributed by atoms with E-state index in [1.807, 2.05) is 6.92 Å². The number of aryl methyl sites for hydroxylation is 1. The van der Waals surface area contributed by atoms with Gasteiger partial charge < -0.3 is 15.2 Å². The smallest absolute Gasteiger partial charge is 0.123 e. The zero-order valence-electron chi connectivity index (χ0n) is 13.7. The Bertz CT molecular complexity index is 429. The minimum absolute atomic E-state index is 0.0496. The van der Waals surface area contributed by atoms with Gasteiger partial charge in [-0.2, -0.15) is 0 Å². The summed E-state index contributed by atoms with van der Waals surface area (Å²) in [6, 6.07) is 6.61. The van der Waals surface area contributed by atoms with Crippen molar-refractivity contribution in [3.8, 4) is 5.75 Å². The molecular formula is C17H29NO2. The van der Waals surface area contributed by atoms with E-state index in [1.165, 1.54) is 11.1 Å². The van der Waals surface area contributed by atoms with E-state index in [-0.39, 0.29) is 6.61 Å². The molecule has 3 nitrogen and oxygen atoms in total. The van der Waals surface area contributed by atoms with Gasteiger partial charge in [0.05, 0.1) is 12.1 Å². The molecule has 0 fully saturated rings. The molecule has 1 aromatic rings. The van der Waals surface area contributed by atoms with Gasteiger partial charge >= 0.3 is 0 Å². The van der Waals surface area contributed by atoms with Crippen LogP contribution in [0.2, 0.25) is 0 Å². The molecule has 0 aromatic heterocycles. The maximum atomic E-state index is 9.60. The Labute approximate surface area is 123 Å². The quantitative estimate of drug-likeness (QED) is 0.805. The molecule has 0 heterocycles. The topological polar surface area (TPSA) is 41.5 Å². The van der Waals surface area contributed by atoms with Crippen molar-refractivity contribution in [3.05, 3.63) is 29.3 Å². The predicted octanol–water partition coefficient (Wildman–Crippen LogP) is 3.25. The Hall–Kier alpha value is -1.06. The highest BCUT2D eigenvalue weighted by atomic mass is 16.5. The molecule has 0 amide bonds. The van der Waals surface area contributed by atoms with E-state index >= 15 is 0 Å². The van der Waals surface area contributed by atoms with E-state index in [9.17, 15) is 5.11 Å². The second kappa shape index (κ2) is 7.09. The lowest BCUT2D eigenvalue weighted by Gasteiger charge is -2.31. The van der Waals surface area contributed by atoms with Crippen molar-refractivity contribution in [1.29, 1.82) is 0 Å². The summed E-state index contributed by atoms with van der Waals surface area (Å²) < 4.78 is 6.01. The van der Waals surface area contributed by atoms with Crippen LogP contribution >= 0.6 is 0 Å². The van der Waals surface area contributed by atoms with E-state index < -0.39 is 5.54 Å². The van der Waals surface area contributed by atoms with Crippen molar-refractivity contribution in [2.24, 2.45) is 0 Å². The summed E-state index contributed by atoms with van der Waals surface area (Å²) in [6.07, 6.45) is 0. The second-order valence-electron chi connectivity index (χ2n) is 6.50. The highest BCUT2D eigenvalue weighted by Gasteiger charge is 2.25. The minimum atomic E-state index is -0.424. The molecule has 1 atom stereocenters. The summed E-state index contributed by atoms with van der Waals surface area (Å²) in [5.41, 5.74) is 1.97. The zero-order valence-corrected chi connectivity index (χ0v) is 13.7. The first-order valence-corrected chi connectivity index (χ1v) is 7.39. The first kappa shape index (κ1) is 17.0. The van der Waals surface area contributed by atoms with Crippen LogP contribution in [0, 0.1) is 6.92 Å². The summed E-state index contributed by atoms with van der Waals surface area (Å²) in [5, 5.41) is 13.0. The monoisotopic (exact) mass is 279 g/mol. The summed E-state index contributed by atoms with van der Waals surface area (Å²) in [4.78, 5) is 0. The van der Waals surface area contributed by atoms with Gasteiger partial charge in [0, 0.05) is 6.04 Å². The van der Waals surface area contributed by atoms with Crippen LogP contribution in [0.1, 0.15) is 51.7 Å². The molecule has 2 N–H and O–H groups in total. The summed E-state index contributed by atoms with van der Waals surface area (Å²) >= 11 is 0. The Kier molecular flexibility index (Phi) is 6.03. The molecule has 0 aliphatic heterocycles. The first-order chi connectivity index (χ1) is 9.27. The lowest BCUT2D eigenvalue weighted by atomic mass is 10.00. The molecule has 20 heavy (non-hydrogen) atoms. The fraction of sp³-hybridized carbons (Fsp3) is 0.647. The van der Waals surface area contributed by atoms with Gasteiger partial charge in [0.2, 0.25) is 0 Å². The molecule has 0 bridgehead atoms. The fourth-order valence-corrected chi connectivity index (χ4v) is 2.31. The van der Waals surface area contributed by atoms with Gasteiger partial charge in [0.1, 0.15) is 12.4 Å². The molecule has 0 saturated carbocycles. The highest BCUT2D eigenvalue weighted by molar-refractivity contribution is 5.39. The van der Waals surface area contributed by atoms with E-state index in [2.05, 4.69) is 58.1 Å². The summed E-state index contributed by atoms with van der Waals surface area (Å²) in [5.74, 6) is 1.34. The third kappa shape index (κ3) is 4.80. The molecule has 0 radical (unpaired) electrons. The molecule has 0 aliphatic carbocycles. The van der Waals surface area contributed by atoms with E-state index in [0.29, 0.717) is 18.6 Å². The van der Waals surface area contributed by atoms with Crippen molar-refractivity contribution in [2.75, 3.05) is 13.2 Å². The van der Waals surface area contributed by atoms with Crippen LogP contribution in [0.3, 0.4) is 0 Å². The van der Waals surface area contributed by atoms with Crippen molar-refractivity contribution in [1.82, 2.24) is 5.32 Å². The number of ether oxygens (including phenoxy) is 1. The van der Waals surface area contributed by atoms with Crippen molar-refractivity contribution < 1.29 is 9.84 Å². The van der Waals surface area contributed by atoms with Crippen LogP contribution in [-0.4, -0.2) is 29.9 Å². The normalized spacial score (nSPS) is 14.7. The molecular weight excluding hydrogens is 250 g/mol. The van der Waals surface area contributed by atoms with Gasteiger partial charge in [-0.1, -0.05) is 39.8 Å². The molecule has 0 aliphatic rings. The first-order valence-electron chi connectivity index (χ1n) is 7.39. The van der Waals surface area contributed by atoms with Gasteiger partial charge in [-0.25, -0.2) is 0 Å². The second-order valence-corrected chi connectivity index (χ2v) is 6.50. The van der Waals surface area contributed by atoms with Crippen LogP contribution in [0.15, 0.2) is 18.2 Å². The Balaban J connectivity index is 2.85. The molecule has 114 valence electrons. The van der Waals surface area contributed by atoms with Crippen molar-refractivity contribution in [3.63, 3.8) is 0 Å². The van der Waals surface area contributed by atoms with E-state index in [0.717, 1.165) is 5.75 Å². The van der Waals surface area contributed by atoms with E-state index in [4.69, 9.17) is 4.74 Å². The van der Waals surface area contributed by atoms with Crippen molar-refractivity contribution >= 4 is 0 Å². The summed E-state index contributed by atoms with van der Waals surface area (Å²) in [6.45, 7) is 13.0. The van der Waals surface area contributed by atoms with Crippen LogP contribution in [-0.2, 0) is 0 Å².